The van der Waals surface area contributed by atoms with E-state index in [9.17, 15) is 4.79 Å². The molecule has 0 fully saturated rings. The van der Waals surface area contributed by atoms with Gasteiger partial charge in [-0.25, -0.2) is 0 Å². The first-order valence-electron chi connectivity index (χ1n) is 5.68. The first-order chi connectivity index (χ1) is 9.24. The van der Waals surface area contributed by atoms with Crippen LogP contribution in [-0.2, 0) is 0 Å². The van der Waals surface area contributed by atoms with Crippen molar-refractivity contribution in [1.29, 1.82) is 0 Å². The number of nitrogens with zero attached hydrogens (tertiary/aromatic N) is 1. The predicted octanol–water partition coefficient (Wildman–Crippen LogP) is 2.35. The average molecular weight is 258 g/mol. The number of methoxy groups -OCH3 is 2. The fourth-order valence-electron chi connectivity index (χ4n) is 1.63. The van der Waals surface area contributed by atoms with Crippen LogP contribution >= 0.6 is 0 Å². The molecule has 0 radical (unpaired) electrons. The molecule has 1 N–H and O–H groups in total. The minimum atomic E-state index is -0.262. The van der Waals surface area contributed by atoms with Crippen molar-refractivity contribution in [3.63, 3.8) is 0 Å². The molecule has 0 unspecified atom stereocenters. The van der Waals surface area contributed by atoms with E-state index < -0.39 is 0 Å². The van der Waals surface area contributed by atoms with Gasteiger partial charge in [0.15, 0.2) is 0 Å². The Hall–Kier alpha value is -2.56. The van der Waals surface area contributed by atoms with E-state index >= 15 is 0 Å². The minimum Gasteiger partial charge on any atom is -0.497 e. The largest absolute Gasteiger partial charge is 0.497 e. The molecule has 0 aliphatic heterocycles. The monoisotopic (exact) mass is 258 g/mol. The Morgan fingerprint density at radius 1 is 1.11 bits per heavy atom. The van der Waals surface area contributed by atoms with Crippen molar-refractivity contribution in [3.8, 4) is 11.5 Å². The van der Waals surface area contributed by atoms with E-state index in [-0.39, 0.29) is 5.91 Å². The number of anilines is 1. The van der Waals surface area contributed by atoms with Gasteiger partial charge in [0, 0.05) is 18.1 Å². The van der Waals surface area contributed by atoms with Crippen LogP contribution in [0.5, 0.6) is 11.5 Å². The number of amides is 1. The van der Waals surface area contributed by atoms with E-state index in [0.29, 0.717) is 22.7 Å². The lowest BCUT2D eigenvalue weighted by atomic mass is 10.1. The Labute approximate surface area is 111 Å². The quantitative estimate of drug-likeness (QED) is 0.914. The van der Waals surface area contributed by atoms with Crippen LogP contribution in [0.3, 0.4) is 0 Å². The SMILES string of the molecule is COc1ccc(OC)c(C(=O)Nc2ccncc2)c1. The molecule has 2 rings (SSSR count). The molecule has 1 amide bonds. The van der Waals surface area contributed by atoms with Crippen molar-refractivity contribution in [2.45, 2.75) is 0 Å². The van der Waals surface area contributed by atoms with Crippen LogP contribution in [0.15, 0.2) is 42.7 Å². The molecule has 0 atom stereocenters. The summed E-state index contributed by atoms with van der Waals surface area (Å²) >= 11 is 0. The second kappa shape index (κ2) is 5.86. The highest BCUT2D eigenvalue weighted by atomic mass is 16.5. The molecule has 0 bridgehead atoms. The molecule has 1 aromatic heterocycles. The number of pyridine rings is 1. The van der Waals surface area contributed by atoms with Crippen molar-refractivity contribution in [2.24, 2.45) is 0 Å². The van der Waals surface area contributed by atoms with Crippen molar-refractivity contribution in [2.75, 3.05) is 19.5 Å². The molecule has 2 aromatic rings. The Balaban J connectivity index is 2.27. The predicted molar refractivity (Wildman–Crippen MR) is 71.7 cm³/mol. The second-order valence-corrected chi connectivity index (χ2v) is 3.76. The van der Waals surface area contributed by atoms with Crippen LogP contribution in [0.1, 0.15) is 10.4 Å². The molecule has 1 aromatic carbocycles. The van der Waals surface area contributed by atoms with Crippen LogP contribution in [0.2, 0.25) is 0 Å². The standard InChI is InChI=1S/C14H14N2O3/c1-18-11-3-4-13(19-2)12(9-11)14(17)16-10-5-7-15-8-6-10/h3-9H,1-2H3,(H,15,16,17). The molecule has 98 valence electrons. The second-order valence-electron chi connectivity index (χ2n) is 3.76. The topological polar surface area (TPSA) is 60.5 Å². The molecular weight excluding hydrogens is 244 g/mol. The summed E-state index contributed by atoms with van der Waals surface area (Å²) in [7, 11) is 3.07. The third kappa shape index (κ3) is 3.01. The lowest BCUT2D eigenvalue weighted by molar-refractivity contribution is 0.102. The van der Waals surface area contributed by atoms with E-state index in [2.05, 4.69) is 10.3 Å². The van der Waals surface area contributed by atoms with E-state index in [0.717, 1.165) is 0 Å². The number of carbonyl (C=O) groups is 1. The van der Waals surface area contributed by atoms with Gasteiger partial charge in [0.25, 0.3) is 5.91 Å². The Morgan fingerprint density at radius 3 is 2.47 bits per heavy atom. The molecule has 0 spiro atoms. The van der Waals surface area contributed by atoms with Gasteiger partial charge in [-0.3, -0.25) is 9.78 Å². The molecule has 5 heteroatoms. The molecule has 0 saturated carbocycles. The van der Waals surface area contributed by atoms with Crippen molar-refractivity contribution >= 4 is 11.6 Å². The smallest absolute Gasteiger partial charge is 0.259 e. The average Bonchev–Trinajstić information content (AvgIpc) is 2.47. The molecule has 0 aliphatic rings. The van der Waals surface area contributed by atoms with Gasteiger partial charge in [-0.2, -0.15) is 0 Å². The van der Waals surface area contributed by atoms with Crippen LogP contribution in [0.25, 0.3) is 0 Å². The third-order valence-corrected chi connectivity index (χ3v) is 2.59. The number of hydrogen-bond acceptors (Lipinski definition) is 4. The number of carbonyl (C=O) groups excluding carboxylic acids is 1. The van der Waals surface area contributed by atoms with Gasteiger partial charge in [0.05, 0.1) is 19.8 Å². The van der Waals surface area contributed by atoms with E-state index in [1.54, 1.807) is 49.8 Å². The van der Waals surface area contributed by atoms with Gasteiger partial charge in [-0.15, -0.1) is 0 Å². The first kappa shape index (κ1) is 12.9. The van der Waals surface area contributed by atoms with Gasteiger partial charge in [0.2, 0.25) is 0 Å². The van der Waals surface area contributed by atoms with E-state index in [1.165, 1.54) is 7.11 Å². The number of hydrogen-bond donors (Lipinski definition) is 1. The Kier molecular flexibility index (Phi) is 3.97. The number of aromatic nitrogens is 1. The first-order valence-corrected chi connectivity index (χ1v) is 5.68. The van der Waals surface area contributed by atoms with E-state index in [4.69, 9.17) is 9.47 Å². The maximum atomic E-state index is 12.2. The summed E-state index contributed by atoms with van der Waals surface area (Å²) in [5, 5.41) is 2.77. The van der Waals surface area contributed by atoms with Gasteiger partial charge >= 0.3 is 0 Å². The number of rotatable bonds is 4. The number of benzene rings is 1. The van der Waals surface area contributed by atoms with Crippen molar-refractivity contribution < 1.29 is 14.3 Å². The lowest BCUT2D eigenvalue weighted by Gasteiger charge is -2.10. The maximum Gasteiger partial charge on any atom is 0.259 e. The number of nitrogens with one attached hydrogen (secondary N) is 1. The fraction of sp³-hybridized carbons (Fsp3) is 0.143. The van der Waals surface area contributed by atoms with Gasteiger partial charge in [-0.1, -0.05) is 0 Å². The summed E-state index contributed by atoms with van der Waals surface area (Å²) in [6.07, 6.45) is 3.22. The normalized spacial score (nSPS) is 9.79. The van der Waals surface area contributed by atoms with Gasteiger partial charge < -0.3 is 14.8 Å². The summed E-state index contributed by atoms with van der Waals surface area (Å²) in [4.78, 5) is 16.1. The molecule has 0 aliphatic carbocycles. The Morgan fingerprint density at radius 2 is 1.84 bits per heavy atom. The molecule has 19 heavy (non-hydrogen) atoms. The molecule has 5 nitrogen and oxygen atoms in total. The summed E-state index contributed by atoms with van der Waals surface area (Å²) in [5.41, 5.74) is 1.09. The van der Waals surface area contributed by atoms with Crippen LogP contribution < -0.4 is 14.8 Å². The highest BCUT2D eigenvalue weighted by Gasteiger charge is 2.13. The molecule has 1 heterocycles. The molecule has 0 saturated heterocycles. The lowest BCUT2D eigenvalue weighted by Crippen LogP contribution is -2.13. The zero-order valence-electron chi connectivity index (χ0n) is 10.7. The zero-order chi connectivity index (χ0) is 13.7. The van der Waals surface area contributed by atoms with Crippen molar-refractivity contribution in [1.82, 2.24) is 4.98 Å². The van der Waals surface area contributed by atoms with Crippen LogP contribution in [0, 0.1) is 0 Å². The summed E-state index contributed by atoms with van der Waals surface area (Å²) in [6.45, 7) is 0. The summed E-state index contributed by atoms with van der Waals surface area (Å²) in [6, 6.07) is 8.49. The zero-order valence-corrected chi connectivity index (χ0v) is 10.7. The van der Waals surface area contributed by atoms with Crippen LogP contribution in [0.4, 0.5) is 5.69 Å². The highest BCUT2D eigenvalue weighted by Crippen LogP contribution is 2.24. The van der Waals surface area contributed by atoms with Gasteiger partial charge in [-0.05, 0) is 30.3 Å². The molecular formula is C14H14N2O3. The van der Waals surface area contributed by atoms with Crippen molar-refractivity contribution in [3.05, 3.63) is 48.3 Å². The summed E-state index contributed by atoms with van der Waals surface area (Å²) < 4.78 is 10.3. The summed E-state index contributed by atoms with van der Waals surface area (Å²) in [5.74, 6) is 0.829. The number of ether oxygens (including phenoxy) is 2. The van der Waals surface area contributed by atoms with Gasteiger partial charge in [0.1, 0.15) is 11.5 Å². The highest BCUT2D eigenvalue weighted by molar-refractivity contribution is 6.06. The fourth-order valence-corrected chi connectivity index (χ4v) is 1.63. The van der Waals surface area contributed by atoms with E-state index in [1.807, 2.05) is 0 Å². The maximum absolute atomic E-state index is 12.2. The van der Waals surface area contributed by atoms with Crippen LogP contribution in [-0.4, -0.2) is 25.1 Å². The Bertz CT molecular complexity index is 570. The third-order valence-electron chi connectivity index (χ3n) is 2.59. The minimum absolute atomic E-state index is 0.262.